The molecule has 0 aliphatic heterocycles. The monoisotopic (exact) mass is 705 g/mol. The van der Waals surface area contributed by atoms with Gasteiger partial charge in [0.1, 0.15) is 0 Å². The molecule has 10 atom stereocenters. The molecule has 0 heterocycles. The Hall–Kier alpha value is -2.62. The molecule has 292 valence electrons. The number of hydrogen-bond acceptors (Lipinski definition) is 4. The van der Waals surface area contributed by atoms with E-state index in [1.807, 2.05) is 0 Å². The van der Waals surface area contributed by atoms with Gasteiger partial charge in [0.25, 0.3) is 0 Å². The van der Waals surface area contributed by atoms with Gasteiger partial charge in [-0.05, 0) is 73.7 Å². The minimum Gasteiger partial charge on any atom is -0.386 e. The highest BCUT2D eigenvalue weighted by atomic mass is 15.2. The Labute approximate surface area is 318 Å². The van der Waals surface area contributed by atoms with Gasteiger partial charge >= 0.3 is 0 Å². The van der Waals surface area contributed by atoms with Crippen LogP contribution in [0.1, 0.15) is 141 Å². The van der Waals surface area contributed by atoms with Crippen molar-refractivity contribution in [3.63, 3.8) is 0 Å². The maximum atomic E-state index is 4.84. The lowest BCUT2D eigenvalue weighted by atomic mass is 9.80. The average molecular weight is 705 g/mol. The van der Waals surface area contributed by atoms with Crippen molar-refractivity contribution in [1.82, 2.24) is 20.4 Å². The number of benzene rings is 1. The molecule has 10 unspecified atom stereocenters. The van der Waals surface area contributed by atoms with E-state index >= 15 is 0 Å². The van der Waals surface area contributed by atoms with Gasteiger partial charge in [-0.2, -0.15) is 0 Å². The van der Waals surface area contributed by atoms with Gasteiger partial charge in [0, 0.05) is 60.4 Å². The van der Waals surface area contributed by atoms with E-state index in [2.05, 4.69) is 168 Å². The van der Waals surface area contributed by atoms with Crippen molar-refractivity contribution < 1.29 is 0 Å². The first kappa shape index (κ1) is 46.4. The third kappa shape index (κ3) is 13.1. The van der Waals surface area contributed by atoms with Crippen LogP contribution in [0.2, 0.25) is 0 Å². The highest BCUT2D eigenvalue weighted by Gasteiger charge is 2.35. The molecule has 1 aromatic carbocycles. The molecule has 1 aromatic rings. The first-order chi connectivity index (χ1) is 23.9. The molecule has 0 spiro atoms. The van der Waals surface area contributed by atoms with E-state index in [1.54, 1.807) is 0 Å². The molecule has 4 nitrogen and oxygen atoms in total. The Bertz CT molecular complexity index is 1180. The van der Waals surface area contributed by atoms with E-state index in [4.69, 9.17) is 13.2 Å². The van der Waals surface area contributed by atoms with E-state index in [9.17, 15) is 0 Å². The summed E-state index contributed by atoms with van der Waals surface area (Å²) in [7, 11) is 2.29. The standard InChI is InChI=1S/C47H84N4/c1-20-29-51(41(17)45(23-4)37(13)40(16)48-39(15)36(12)44-27-25-24-26-28-44)34(10)30-43(22-3)47(33(9)21-2)50(19)42(18)46(32(7)8)49-38(14)35(11)31(5)6/h24-28,31-33,35-37,39,41,43,45-49H,10,14,16,18,20-23,29-30H2,1-9,11-13,15,17,19H3. The molecule has 0 radical (unpaired) electrons. The van der Waals surface area contributed by atoms with Crippen molar-refractivity contribution in [3.05, 3.63) is 85.0 Å². The van der Waals surface area contributed by atoms with Crippen molar-refractivity contribution in [3.8, 4) is 0 Å². The molecule has 0 amide bonds. The number of allylic oxidation sites excluding steroid dienone is 3. The van der Waals surface area contributed by atoms with E-state index < -0.39 is 0 Å². The zero-order valence-corrected chi connectivity index (χ0v) is 36.3. The normalized spacial score (nSPS) is 17.7. The van der Waals surface area contributed by atoms with Gasteiger partial charge in [0.2, 0.25) is 0 Å². The van der Waals surface area contributed by atoms with E-state index in [-0.39, 0.29) is 6.04 Å². The molecule has 0 bridgehead atoms. The van der Waals surface area contributed by atoms with Crippen LogP contribution in [0.5, 0.6) is 0 Å². The molecule has 2 N–H and O–H groups in total. The van der Waals surface area contributed by atoms with Gasteiger partial charge in [0.05, 0.1) is 6.04 Å². The molecule has 0 aliphatic rings. The number of hydrogen-bond donors (Lipinski definition) is 2. The number of nitrogens with one attached hydrogen (secondary N) is 2. The van der Waals surface area contributed by atoms with Crippen LogP contribution >= 0.6 is 0 Å². The fourth-order valence-electron chi connectivity index (χ4n) is 8.20. The van der Waals surface area contributed by atoms with Crippen LogP contribution < -0.4 is 10.6 Å². The van der Waals surface area contributed by atoms with Crippen molar-refractivity contribution in [1.29, 1.82) is 0 Å². The van der Waals surface area contributed by atoms with Crippen molar-refractivity contribution in [2.75, 3.05) is 13.6 Å². The van der Waals surface area contributed by atoms with E-state index in [1.165, 1.54) is 11.3 Å². The Morgan fingerprint density at radius 3 is 1.75 bits per heavy atom. The summed E-state index contributed by atoms with van der Waals surface area (Å²) < 4.78 is 0. The van der Waals surface area contributed by atoms with E-state index in [0.717, 1.165) is 55.7 Å². The SMILES string of the molecule is C=C(NC(C(=C)N(C)C(C(C)CC)C(CC)CC(=C)N(CCC)C(C)C(CC)C(C)C(=C)NC(C)C(C)c1ccccc1)C(C)C)C(C)C(C)C. The maximum Gasteiger partial charge on any atom is 0.0675 e. The predicted octanol–water partition coefficient (Wildman–Crippen LogP) is 12.3. The Kier molecular flexibility index (Phi) is 20.4. The first-order valence-corrected chi connectivity index (χ1v) is 20.7. The van der Waals surface area contributed by atoms with Crippen LogP contribution in [0.15, 0.2) is 79.4 Å². The molecule has 0 saturated carbocycles. The third-order valence-corrected chi connectivity index (χ3v) is 12.7. The number of nitrogens with zero attached hydrogens (tertiary/aromatic N) is 2. The Morgan fingerprint density at radius 1 is 0.706 bits per heavy atom. The lowest BCUT2D eigenvalue weighted by Crippen LogP contribution is -2.49. The van der Waals surface area contributed by atoms with Crippen molar-refractivity contribution in [2.45, 2.75) is 159 Å². The van der Waals surface area contributed by atoms with E-state index in [0.29, 0.717) is 65.5 Å². The second-order valence-electron chi connectivity index (χ2n) is 16.8. The summed E-state index contributed by atoms with van der Waals surface area (Å²) in [6.07, 6.45) is 5.41. The highest BCUT2D eigenvalue weighted by Crippen LogP contribution is 2.36. The summed E-state index contributed by atoms with van der Waals surface area (Å²) in [5, 5.41) is 7.65. The lowest BCUT2D eigenvalue weighted by molar-refractivity contribution is 0.115. The largest absolute Gasteiger partial charge is 0.386 e. The Morgan fingerprint density at radius 2 is 1.27 bits per heavy atom. The van der Waals surface area contributed by atoms with Gasteiger partial charge in [-0.25, -0.2) is 0 Å². The summed E-state index contributed by atoms with van der Waals surface area (Å²) in [5.41, 5.74) is 6.06. The number of rotatable bonds is 26. The van der Waals surface area contributed by atoms with Crippen LogP contribution in [-0.2, 0) is 0 Å². The molecule has 0 aromatic heterocycles. The molecule has 51 heavy (non-hydrogen) atoms. The zero-order chi connectivity index (χ0) is 39.2. The fraction of sp³-hybridized carbons (Fsp3) is 0.702. The molecular weight excluding hydrogens is 621 g/mol. The van der Waals surface area contributed by atoms with Crippen molar-refractivity contribution >= 4 is 0 Å². The summed E-state index contributed by atoms with van der Waals surface area (Å²) in [6.45, 7) is 52.3. The summed E-state index contributed by atoms with van der Waals surface area (Å²) in [4.78, 5) is 5.17. The number of likely N-dealkylation sites (N-methyl/N-ethyl adjacent to an activating group) is 1. The molecule has 0 fully saturated rings. The smallest absolute Gasteiger partial charge is 0.0675 e. The molecular formula is C47H84N4. The summed E-state index contributed by atoms with van der Waals surface area (Å²) in [5.74, 6) is 3.50. The van der Waals surface area contributed by atoms with Gasteiger partial charge in [-0.1, -0.05) is 159 Å². The maximum absolute atomic E-state index is 4.84. The minimum atomic E-state index is 0.138. The molecule has 0 aliphatic carbocycles. The predicted molar refractivity (Wildman–Crippen MR) is 229 cm³/mol. The first-order valence-electron chi connectivity index (χ1n) is 20.7. The van der Waals surface area contributed by atoms with Gasteiger partial charge in [-0.15, -0.1) is 0 Å². The van der Waals surface area contributed by atoms with Gasteiger partial charge in [-0.3, -0.25) is 0 Å². The topological polar surface area (TPSA) is 30.5 Å². The molecule has 1 rings (SSSR count). The van der Waals surface area contributed by atoms with Crippen LogP contribution in [0.25, 0.3) is 0 Å². The van der Waals surface area contributed by atoms with Crippen LogP contribution in [0.4, 0.5) is 0 Å². The zero-order valence-electron chi connectivity index (χ0n) is 36.3. The van der Waals surface area contributed by atoms with Gasteiger partial charge in [0.15, 0.2) is 0 Å². The van der Waals surface area contributed by atoms with Crippen molar-refractivity contribution in [2.24, 2.45) is 41.4 Å². The van der Waals surface area contributed by atoms with Gasteiger partial charge < -0.3 is 20.4 Å². The quantitative estimate of drug-likeness (QED) is 0.100. The summed E-state index contributed by atoms with van der Waals surface area (Å²) >= 11 is 0. The minimum absolute atomic E-state index is 0.138. The average Bonchev–Trinajstić information content (AvgIpc) is 3.11. The second-order valence-corrected chi connectivity index (χ2v) is 16.8. The summed E-state index contributed by atoms with van der Waals surface area (Å²) in [6, 6.07) is 12.0. The molecule has 0 saturated heterocycles. The lowest BCUT2D eigenvalue weighted by Gasteiger charge is -2.46. The third-order valence-electron chi connectivity index (χ3n) is 12.7. The molecule has 4 heteroatoms. The van der Waals surface area contributed by atoms with Crippen LogP contribution in [0.3, 0.4) is 0 Å². The Balaban J connectivity index is 3.27. The van der Waals surface area contributed by atoms with Crippen LogP contribution in [0, 0.1) is 41.4 Å². The second kappa shape index (κ2) is 22.4. The fourth-order valence-corrected chi connectivity index (χ4v) is 8.20. The van der Waals surface area contributed by atoms with Crippen LogP contribution in [-0.4, -0.2) is 47.6 Å². The highest BCUT2D eigenvalue weighted by molar-refractivity contribution is 5.21.